The van der Waals surface area contributed by atoms with Gasteiger partial charge in [-0.3, -0.25) is 9.11 Å². The highest BCUT2D eigenvalue weighted by Gasteiger charge is 2.36. The van der Waals surface area contributed by atoms with Gasteiger partial charge in [-0.25, -0.2) is 20.1 Å². The number of fused-ring (bicyclic) bond motifs is 2. The number of hydrogen-bond donors (Lipinski definition) is 6. The van der Waals surface area contributed by atoms with Crippen LogP contribution in [0.2, 0.25) is 0 Å². The first-order valence-electron chi connectivity index (χ1n) is 11.3. The molecule has 0 spiro atoms. The van der Waals surface area contributed by atoms with Crippen LogP contribution in [0.5, 0.6) is 0 Å². The van der Waals surface area contributed by atoms with E-state index in [0.717, 1.165) is 57.9 Å². The number of piperidine rings is 1. The second kappa shape index (κ2) is 8.04. The van der Waals surface area contributed by atoms with Gasteiger partial charge < -0.3 is 20.6 Å². The lowest BCUT2D eigenvalue weighted by atomic mass is 9.88. The SMILES string of the molecule is NC1(c2nc3c(-c4cccc(S(N)(O)O)c4)cccc3[nH]2)CCN(c2ncnc3[nH]ccc23)CC1. The number of H-pyrrole nitrogens is 2. The molecular formula is C24H26N8O2S. The number of para-hydroxylation sites is 1. The van der Waals surface area contributed by atoms with E-state index in [4.69, 9.17) is 15.9 Å². The maximum atomic E-state index is 9.90. The Labute approximate surface area is 202 Å². The average Bonchev–Trinajstić information content (AvgIpc) is 3.51. The zero-order valence-electron chi connectivity index (χ0n) is 18.8. The summed E-state index contributed by atoms with van der Waals surface area (Å²) in [5.41, 5.74) is 10.5. The topological polar surface area (TPSA) is 166 Å². The van der Waals surface area contributed by atoms with E-state index in [1.165, 1.54) is 0 Å². The number of nitrogens with two attached hydrogens (primary N) is 2. The van der Waals surface area contributed by atoms with Crippen molar-refractivity contribution in [1.29, 1.82) is 0 Å². The molecule has 180 valence electrons. The van der Waals surface area contributed by atoms with Crippen molar-refractivity contribution in [1.82, 2.24) is 24.9 Å². The molecule has 35 heavy (non-hydrogen) atoms. The highest BCUT2D eigenvalue weighted by Crippen LogP contribution is 2.42. The van der Waals surface area contributed by atoms with E-state index >= 15 is 0 Å². The number of rotatable bonds is 4. The molecule has 0 bridgehead atoms. The van der Waals surface area contributed by atoms with Crippen molar-refractivity contribution >= 4 is 38.7 Å². The quantitative estimate of drug-likeness (QED) is 0.220. The van der Waals surface area contributed by atoms with Gasteiger partial charge in [0.05, 0.1) is 26.9 Å². The highest BCUT2D eigenvalue weighted by molar-refractivity contribution is 8.22. The molecule has 0 amide bonds. The van der Waals surface area contributed by atoms with Crippen molar-refractivity contribution in [3.8, 4) is 11.1 Å². The number of hydrogen-bond acceptors (Lipinski definition) is 8. The Kier molecular flexibility index (Phi) is 5.06. The Morgan fingerprint density at radius 2 is 1.83 bits per heavy atom. The van der Waals surface area contributed by atoms with Crippen LogP contribution in [0.15, 0.2) is 66.0 Å². The number of anilines is 1. The largest absolute Gasteiger partial charge is 0.356 e. The van der Waals surface area contributed by atoms with Gasteiger partial charge in [0.1, 0.15) is 23.6 Å². The summed E-state index contributed by atoms with van der Waals surface area (Å²) in [5.74, 6) is 1.66. The van der Waals surface area contributed by atoms with Crippen LogP contribution in [0, 0.1) is 0 Å². The van der Waals surface area contributed by atoms with Gasteiger partial charge in [0.2, 0.25) is 0 Å². The number of aromatic amines is 2. The van der Waals surface area contributed by atoms with Crippen molar-refractivity contribution in [3.05, 3.63) is 66.9 Å². The third-order valence-electron chi connectivity index (χ3n) is 6.76. The van der Waals surface area contributed by atoms with Gasteiger partial charge in [-0.1, -0.05) is 24.3 Å². The number of nitrogens with one attached hydrogen (secondary N) is 2. The van der Waals surface area contributed by atoms with Crippen molar-refractivity contribution in [2.24, 2.45) is 10.9 Å². The van der Waals surface area contributed by atoms with Crippen LogP contribution in [0.4, 0.5) is 5.82 Å². The van der Waals surface area contributed by atoms with Crippen molar-refractivity contribution in [2.75, 3.05) is 18.0 Å². The minimum atomic E-state index is -3.31. The van der Waals surface area contributed by atoms with E-state index in [0.29, 0.717) is 12.8 Å². The van der Waals surface area contributed by atoms with E-state index in [2.05, 4.69) is 24.8 Å². The fourth-order valence-corrected chi connectivity index (χ4v) is 5.40. The minimum Gasteiger partial charge on any atom is -0.356 e. The molecule has 1 aliphatic rings. The number of benzene rings is 2. The lowest BCUT2D eigenvalue weighted by molar-refractivity contribution is 0.327. The lowest BCUT2D eigenvalue weighted by Crippen LogP contribution is -2.49. The van der Waals surface area contributed by atoms with Gasteiger partial charge in [-0.2, -0.15) is 0 Å². The molecule has 8 N–H and O–H groups in total. The Morgan fingerprint density at radius 3 is 2.63 bits per heavy atom. The maximum absolute atomic E-state index is 9.90. The summed E-state index contributed by atoms with van der Waals surface area (Å²) in [6, 6.07) is 14.8. The zero-order chi connectivity index (χ0) is 24.2. The molecule has 0 saturated carbocycles. The first-order chi connectivity index (χ1) is 16.8. The van der Waals surface area contributed by atoms with Crippen LogP contribution in [-0.2, 0) is 5.54 Å². The summed E-state index contributed by atoms with van der Waals surface area (Å²) < 4.78 is 19.8. The number of aromatic nitrogens is 5. The molecule has 11 heteroatoms. The van der Waals surface area contributed by atoms with Gasteiger partial charge in [0.15, 0.2) is 0 Å². The average molecular weight is 491 g/mol. The van der Waals surface area contributed by atoms with Gasteiger partial charge in [0.25, 0.3) is 0 Å². The monoisotopic (exact) mass is 490 g/mol. The molecule has 1 aliphatic heterocycles. The summed E-state index contributed by atoms with van der Waals surface area (Å²) in [6.07, 6.45) is 4.87. The Hall–Kier alpha value is -3.48. The number of imidazole rings is 1. The molecule has 0 radical (unpaired) electrons. The summed E-state index contributed by atoms with van der Waals surface area (Å²) in [7, 11) is -3.31. The van der Waals surface area contributed by atoms with Crippen LogP contribution >= 0.6 is 10.8 Å². The maximum Gasteiger partial charge on any atom is 0.142 e. The molecule has 2 aromatic carbocycles. The third kappa shape index (κ3) is 3.83. The van der Waals surface area contributed by atoms with Crippen LogP contribution in [0.1, 0.15) is 18.7 Å². The molecule has 3 aromatic heterocycles. The van der Waals surface area contributed by atoms with Crippen molar-refractivity contribution < 1.29 is 9.11 Å². The molecule has 5 aromatic rings. The van der Waals surface area contributed by atoms with Crippen LogP contribution in [-0.4, -0.2) is 47.1 Å². The Balaban J connectivity index is 1.31. The molecule has 0 atom stereocenters. The van der Waals surface area contributed by atoms with Crippen molar-refractivity contribution in [3.63, 3.8) is 0 Å². The van der Waals surface area contributed by atoms with E-state index < -0.39 is 16.3 Å². The normalized spacial score (nSPS) is 16.7. The molecule has 6 rings (SSSR count). The number of nitrogens with zero attached hydrogens (tertiary/aromatic N) is 4. The zero-order valence-corrected chi connectivity index (χ0v) is 19.7. The molecular weight excluding hydrogens is 464 g/mol. The summed E-state index contributed by atoms with van der Waals surface area (Å²) >= 11 is 0. The van der Waals surface area contributed by atoms with Gasteiger partial charge in [0, 0.05) is 24.8 Å². The molecule has 0 unspecified atom stereocenters. The van der Waals surface area contributed by atoms with Crippen LogP contribution in [0.25, 0.3) is 33.2 Å². The molecule has 10 nitrogen and oxygen atoms in total. The van der Waals surface area contributed by atoms with E-state index in [9.17, 15) is 9.11 Å². The second-order valence-electron chi connectivity index (χ2n) is 8.99. The molecule has 1 saturated heterocycles. The fourth-order valence-electron chi connectivity index (χ4n) is 4.82. The predicted octanol–water partition coefficient (Wildman–Crippen LogP) is 3.94. The van der Waals surface area contributed by atoms with E-state index in [1.807, 2.05) is 36.5 Å². The smallest absolute Gasteiger partial charge is 0.142 e. The Morgan fingerprint density at radius 1 is 1.03 bits per heavy atom. The van der Waals surface area contributed by atoms with Crippen LogP contribution in [0.3, 0.4) is 0 Å². The van der Waals surface area contributed by atoms with Gasteiger partial charge in [-0.05, 0) is 42.7 Å². The lowest BCUT2D eigenvalue weighted by Gasteiger charge is -2.38. The first-order valence-corrected chi connectivity index (χ1v) is 12.9. The molecule has 0 aliphatic carbocycles. The van der Waals surface area contributed by atoms with Crippen LogP contribution < -0.4 is 15.8 Å². The summed E-state index contributed by atoms with van der Waals surface area (Å²) in [4.78, 5) is 22.8. The molecule has 1 fully saturated rings. The predicted molar refractivity (Wildman–Crippen MR) is 138 cm³/mol. The fraction of sp³-hybridized carbons (Fsp3) is 0.208. The Bertz CT molecular complexity index is 1530. The second-order valence-corrected chi connectivity index (χ2v) is 10.6. The van der Waals surface area contributed by atoms with E-state index in [-0.39, 0.29) is 4.90 Å². The van der Waals surface area contributed by atoms with Gasteiger partial charge in [-0.15, -0.1) is 10.8 Å². The summed E-state index contributed by atoms with van der Waals surface area (Å²) in [5, 5.41) is 6.56. The third-order valence-corrected chi connectivity index (χ3v) is 7.71. The van der Waals surface area contributed by atoms with E-state index in [1.54, 1.807) is 24.5 Å². The minimum absolute atomic E-state index is 0.284. The highest BCUT2D eigenvalue weighted by atomic mass is 32.3. The van der Waals surface area contributed by atoms with Gasteiger partial charge >= 0.3 is 0 Å². The standard InChI is InChI=1S/C24H26N8O2S/c25-24(8-11-32(12-9-24)22-18-7-10-27-21(18)28-14-29-22)23-30-19-6-2-5-17(20(19)31-23)15-3-1-4-16(13-15)35(26,33)34/h1-7,10,13-14,33-34H,8-9,11-12,25-26H2,(H,30,31)(H,27,28,29). The first kappa shape index (κ1) is 22.0. The van der Waals surface area contributed by atoms with Crippen molar-refractivity contribution in [2.45, 2.75) is 23.3 Å². The summed E-state index contributed by atoms with van der Waals surface area (Å²) in [6.45, 7) is 1.49. The molecule has 4 heterocycles.